The van der Waals surface area contributed by atoms with E-state index in [2.05, 4.69) is 20.4 Å². The van der Waals surface area contributed by atoms with Crippen LogP contribution in [0.5, 0.6) is 5.75 Å². The number of ether oxygens (including phenoxy) is 1. The van der Waals surface area contributed by atoms with E-state index >= 15 is 0 Å². The summed E-state index contributed by atoms with van der Waals surface area (Å²) < 4.78 is 10.4. The number of aliphatic carboxylic acids is 2. The van der Waals surface area contributed by atoms with Gasteiger partial charge in [-0.1, -0.05) is 24.1 Å². The number of benzene rings is 1. The largest absolute Gasteiger partial charge is 0.496 e. The number of pyridine rings is 1. The van der Waals surface area contributed by atoms with Gasteiger partial charge in [-0.15, -0.1) is 0 Å². The number of hydrogen-bond donors (Lipinski definition) is 6. The molecular formula is C31H35N5O10. The Hall–Kier alpha value is -5.15. The Morgan fingerprint density at radius 2 is 1.80 bits per heavy atom. The van der Waals surface area contributed by atoms with Crippen molar-refractivity contribution in [3.8, 4) is 17.0 Å². The van der Waals surface area contributed by atoms with E-state index in [1.807, 2.05) is 31.2 Å². The van der Waals surface area contributed by atoms with Crippen LogP contribution in [0.2, 0.25) is 0 Å². The molecule has 0 bridgehead atoms. The molecule has 1 aliphatic rings. The third-order valence-electron chi connectivity index (χ3n) is 7.66. The van der Waals surface area contributed by atoms with Gasteiger partial charge in [0.2, 0.25) is 5.91 Å². The first-order chi connectivity index (χ1) is 21.9. The van der Waals surface area contributed by atoms with E-state index in [-0.39, 0.29) is 11.7 Å². The van der Waals surface area contributed by atoms with Crippen LogP contribution in [0.1, 0.15) is 67.0 Å². The molecule has 15 heteroatoms. The smallest absolute Gasteiger partial charge is 0.335 e. The summed E-state index contributed by atoms with van der Waals surface area (Å²) in [7, 11) is 1.64. The molecule has 3 aromatic heterocycles. The van der Waals surface area contributed by atoms with Crippen LogP contribution in [-0.2, 0) is 19.9 Å². The first kappa shape index (κ1) is 33.7. The third-order valence-corrected chi connectivity index (χ3v) is 7.66. The van der Waals surface area contributed by atoms with Crippen LogP contribution in [0.3, 0.4) is 0 Å². The van der Waals surface area contributed by atoms with Gasteiger partial charge in [0.05, 0.1) is 30.1 Å². The average Bonchev–Trinajstić information content (AvgIpc) is 3.82. The maximum absolute atomic E-state index is 12.3. The van der Waals surface area contributed by atoms with Crippen LogP contribution in [0.4, 0.5) is 0 Å². The molecule has 0 unspecified atom stereocenters. The number of aromatic amines is 1. The Kier molecular flexibility index (Phi) is 10.8. The van der Waals surface area contributed by atoms with Crippen LogP contribution < -0.4 is 10.1 Å². The standard InChI is InChI=1S/C27H29N5O4.C4H6O6/c1-17-7-8-18-14-19(24(35-2)15-21(18)29-17)22-16-28-26(30-22)27(12-9-25(34)31-27)11-5-3-4-6-23(33)20-10-13-36-32-20;5-1(3(7)8)2(6)4(9)10/h7-8,10,13-16H,3-6,9,11-12H2,1-2H3,(H,28,30)(H,31,34);1-2,5-6H,(H,7,8)(H,9,10)/t27-;1-,2-/m11/s1. The number of hydrogen-bond acceptors (Lipinski definition) is 11. The maximum Gasteiger partial charge on any atom is 0.335 e. The number of aromatic nitrogens is 4. The second-order valence-electron chi connectivity index (χ2n) is 10.9. The van der Waals surface area contributed by atoms with Crippen molar-refractivity contribution in [2.24, 2.45) is 0 Å². The Labute approximate surface area is 262 Å². The number of imidazole rings is 1. The molecule has 0 spiro atoms. The number of carbonyl (C=O) groups is 4. The van der Waals surface area contributed by atoms with Gasteiger partial charge < -0.3 is 40.0 Å². The fraction of sp³-hybridized carbons (Fsp3) is 0.387. The monoisotopic (exact) mass is 637 g/mol. The number of unbranched alkanes of at least 4 members (excludes halogenated alkanes) is 2. The number of ketones is 1. The summed E-state index contributed by atoms with van der Waals surface area (Å²) in [6.07, 6.45) is 3.43. The molecule has 0 saturated carbocycles. The molecule has 5 rings (SSSR count). The quantitative estimate of drug-likeness (QED) is 0.0914. The summed E-state index contributed by atoms with van der Waals surface area (Å²) in [6.45, 7) is 1.96. The number of methoxy groups -OCH3 is 1. The SMILES string of the molecule is COc1cc2nc(C)ccc2cc1-c1cnc([C@@]2(CCCCCC(=O)c3ccon3)CCC(=O)N2)[nH]1.O=C(O)[C@H](O)[C@@H](O)C(=O)O. The Morgan fingerprint density at radius 1 is 1.07 bits per heavy atom. The highest BCUT2D eigenvalue weighted by Crippen LogP contribution is 2.38. The van der Waals surface area contributed by atoms with Gasteiger partial charge in [-0.05, 0) is 38.3 Å². The van der Waals surface area contributed by atoms with Gasteiger partial charge in [0, 0.05) is 41.6 Å². The normalized spacial score (nSPS) is 17.1. The van der Waals surface area contributed by atoms with E-state index in [4.69, 9.17) is 34.7 Å². The lowest BCUT2D eigenvalue weighted by molar-refractivity contribution is -0.165. The first-order valence-corrected chi connectivity index (χ1v) is 14.5. The number of aliphatic hydroxyl groups is 2. The van der Waals surface area contributed by atoms with Crippen molar-refractivity contribution in [1.82, 2.24) is 25.4 Å². The van der Waals surface area contributed by atoms with E-state index in [0.29, 0.717) is 30.7 Å². The predicted molar refractivity (Wildman–Crippen MR) is 161 cm³/mol. The Balaban J connectivity index is 0.000000416. The molecular weight excluding hydrogens is 602 g/mol. The van der Waals surface area contributed by atoms with E-state index in [1.54, 1.807) is 19.4 Å². The van der Waals surface area contributed by atoms with Crippen LogP contribution >= 0.6 is 0 Å². The minimum absolute atomic E-state index is 0.0157. The van der Waals surface area contributed by atoms with Crippen LogP contribution in [0.15, 0.2) is 47.3 Å². The lowest BCUT2D eigenvalue weighted by Crippen LogP contribution is -2.39. The summed E-state index contributed by atoms with van der Waals surface area (Å²) in [5.74, 6) is -2.08. The van der Waals surface area contributed by atoms with Gasteiger partial charge in [-0.2, -0.15) is 0 Å². The zero-order valence-corrected chi connectivity index (χ0v) is 25.2. The molecule has 0 radical (unpaired) electrons. The molecule has 3 atom stereocenters. The summed E-state index contributed by atoms with van der Waals surface area (Å²) >= 11 is 0. The fourth-order valence-electron chi connectivity index (χ4n) is 5.18. The van der Waals surface area contributed by atoms with Crippen LogP contribution in [0.25, 0.3) is 22.2 Å². The topological polar surface area (TPSA) is 238 Å². The van der Waals surface area contributed by atoms with E-state index in [0.717, 1.165) is 59.4 Å². The lowest BCUT2D eigenvalue weighted by Gasteiger charge is -2.27. The molecule has 4 heterocycles. The Morgan fingerprint density at radius 3 is 2.41 bits per heavy atom. The third kappa shape index (κ3) is 7.92. The van der Waals surface area contributed by atoms with Gasteiger partial charge in [0.1, 0.15) is 23.5 Å². The molecule has 1 aromatic carbocycles. The Bertz CT molecular complexity index is 1680. The van der Waals surface area contributed by atoms with Crippen molar-refractivity contribution >= 4 is 34.5 Å². The van der Waals surface area contributed by atoms with E-state index in [1.165, 1.54) is 6.26 Å². The number of carbonyl (C=O) groups excluding carboxylic acids is 2. The molecule has 1 fully saturated rings. The second kappa shape index (κ2) is 14.8. The number of aliphatic hydroxyl groups excluding tert-OH is 2. The van der Waals surface area contributed by atoms with Crippen molar-refractivity contribution in [3.05, 3.63) is 60.0 Å². The molecule has 4 aromatic rings. The highest BCUT2D eigenvalue weighted by atomic mass is 16.5. The van der Waals surface area contributed by atoms with Crippen LogP contribution in [0, 0.1) is 6.92 Å². The van der Waals surface area contributed by atoms with Crippen molar-refractivity contribution in [3.63, 3.8) is 0 Å². The highest BCUT2D eigenvalue weighted by Gasteiger charge is 2.41. The number of carboxylic acids is 2. The lowest BCUT2D eigenvalue weighted by atomic mass is 9.89. The second-order valence-corrected chi connectivity index (χ2v) is 10.9. The molecule has 6 N–H and O–H groups in total. The van der Waals surface area contributed by atoms with Gasteiger partial charge in [-0.25, -0.2) is 14.6 Å². The van der Waals surface area contributed by atoms with Crippen molar-refractivity contribution in [2.45, 2.75) is 69.6 Å². The zero-order chi connectivity index (χ0) is 33.4. The molecule has 46 heavy (non-hydrogen) atoms. The summed E-state index contributed by atoms with van der Waals surface area (Å²) in [5, 5.41) is 40.4. The number of fused-ring (bicyclic) bond motifs is 1. The predicted octanol–water partition coefficient (Wildman–Crippen LogP) is 2.75. The number of carboxylic acid groups (broad SMARTS) is 2. The van der Waals surface area contributed by atoms with Crippen molar-refractivity contribution in [1.29, 1.82) is 0 Å². The number of nitrogens with one attached hydrogen (secondary N) is 2. The molecule has 1 saturated heterocycles. The number of rotatable bonds is 13. The van der Waals surface area contributed by atoms with E-state index in [9.17, 15) is 19.2 Å². The van der Waals surface area contributed by atoms with E-state index < -0.39 is 29.7 Å². The summed E-state index contributed by atoms with van der Waals surface area (Å²) in [5.41, 5.74) is 3.35. The minimum atomic E-state index is -2.27. The van der Waals surface area contributed by atoms with Gasteiger partial charge in [0.25, 0.3) is 0 Å². The van der Waals surface area contributed by atoms with Gasteiger partial charge >= 0.3 is 11.9 Å². The molecule has 15 nitrogen and oxygen atoms in total. The number of H-pyrrole nitrogens is 1. The average molecular weight is 638 g/mol. The van der Waals surface area contributed by atoms with Gasteiger partial charge in [-0.3, -0.25) is 14.6 Å². The highest BCUT2D eigenvalue weighted by molar-refractivity contribution is 5.93. The number of Topliss-reactive ketones (excluding diaryl/α,β-unsaturated/α-hetero) is 1. The maximum atomic E-state index is 12.3. The molecule has 1 aliphatic heterocycles. The summed E-state index contributed by atoms with van der Waals surface area (Å²) in [4.78, 5) is 56.7. The summed E-state index contributed by atoms with van der Waals surface area (Å²) in [6, 6.07) is 9.60. The fourth-order valence-corrected chi connectivity index (χ4v) is 5.18. The number of aryl methyl sites for hydroxylation is 1. The minimum Gasteiger partial charge on any atom is -0.496 e. The first-order valence-electron chi connectivity index (χ1n) is 14.5. The van der Waals surface area contributed by atoms with Crippen molar-refractivity contribution in [2.75, 3.05) is 7.11 Å². The zero-order valence-electron chi connectivity index (χ0n) is 25.2. The molecule has 1 amide bonds. The van der Waals surface area contributed by atoms with Crippen LogP contribution in [-0.4, -0.2) is 83.5 Å². The number of nitrogens with zero attached hydrogens (tertiary/aromatic N) is 3. The molecule has 0 aliphatic carbocycles. The number of amides is 1. The van der Waals surface area contributed by atoms with Crippen molar-refractivity contribution < 1.29 is 48.9 Å². The molecule has 244 valence electrons. The van der Waals surface area contributed by atoms with Gasteiger partial charge in [0.15, 0.2) is 18.0 Å².